The molecule has 2 aliphatic carbocycles. The molecule has 4 aromatic rings. The summed E-state index contributed by atoms with van der Waals surface area (Å²) in [5, 5.41) is 6.78. The molecule has 0 saturated heterocycles. The van der Waals surface area contributed by atoms with Crippen molar-refractivity contribution >= 4 is 28.7 Å². The first-order chi connectivity index (χ1) is 18.7. The first-order valence-electron chi connectivity index (χ1n) is 12.5. The minimum atomic E-state index is -4.44. The molecule has 0 bridgehead atoms. The molecule has 4 heterocycles. The van der Waals surface area contributed by atoms with Crippen molar-refractivity contribution in [3.8, 4) is 11.6 Å². The molecule has 0 spiro atoms. The molecule has 2 fully saturated rings. The SMILES string of the molecule is O=C(C1CC1)N1Cc2ncnc(Oc3ccc4c(ccn4C(=O)Nc4cc(C5(C(F)(F)F)CC5)on4)c3)c2C1. The van der Waals surface area contributed by atoms with Gasteiger partial charge in [0.1, 0.15) is 17.5 Å². The van der Waals surface area contributed by atoms with E-state index in [4.69, 9.17) is 9.26 Å². The summed E-state index contributed by atoms with van der Waals surface area (Å²) < 4.78 is 52.4. The van der Waals surface area contributed by atoms with Crippen LogP contribution in [-0.2, 0) is 23.3 Å². The second kappa shape index (κ2) is 8.29. The van der Waals surface area contributed by atoms with Crippen molar-refractivity contribution in [2.24, 2.45) is 5.92 Å². The van der Waals surface area contributed by atoms with Crippen LogP contribution in [-0.4, -0.2) is 42.7 Å². The predicted molar refractivity (Wildman–Crippen MR) is 129 cm³/mol. The number of halogens is 3. The van der Waals surface area contributed by atoms with Crippen molar-refractivity contribution in [1.82, 2.24) is 24.6 Å². The minimum Gasteiger partial charge on any atom is -0.439 e. The number of fused-ring (bicyclic) bond motifs is 2. The third-order valence-corrected chi connectivity index (χ3v) is 7.53. The molecular weight excluding hydrogens is 517 g/mol. The maximum absolute atomic E-state index is 13.4. The highest BCUT2D eigenvalue weighted by molar-refractivity contribution is 5.98. The lowest BCUT2D eigenvalue weighted by Crippen LogP contribution is -2.28. The fraction of sp³-hybridized carbons (Fsp3) is 0.346. The van der Waals surface area contributed by atoms with E-state index in [-0.39, 0.29) is 36.2 Å². The summed E-state index contributed by atoms with van der Waals surface area (Å²) in [5.74, 6) is 0.698. The van der Waals surface area contributed by atoms with Crippen molar-refractivity contribution < 1.29 is 32.0 Å². The van der Waals surface area contributed by atoms with Crippen LogP contribution in [0.4, 0.5) is 23.8 Å². The van der Waals surface area contributed by atoms with Crippen molar-refractivity contribution in [3.05, 3.63) is 59.9 Å². The molecule has 0 atom stereocenters. The van der Waals surface area contributed by atoms with Gasteiger partial charge in [-0.15, -0.1) is 0 Å². The Morgan fingerprint density at radius 2 is 1.92 bits per heavy atom. The van der Waals surface area contributed by atoms with Crippen molar-refractivity contribution in [1.29, 1.82) is 0 Å². The Balaban J connectivity index is 1.07. The number of carbonyl (C=O) groups excluding carboxylic acids is 2. The zero-order valence-corrected chi connectivity index (χ0v) is 20.4. The molecule has 1 aliphatic heterocycles. The van der Waals surface area contributed by atoms with Gasteiger partial charge < -0.3 is 14.2 Å². The monoisotopic (exact) mass is 538 g/mol. The van der Waals surface area contributed by atoms with Crippen LogP contribution in [0.25, 0.3) is 10.9 Å². The van der Waals surface area contributed by atoms with Gasteiger partial charge in [-0.05, 0) is 49.9 Å². The number of nitrogens with one attached hydrogen (secondary N) is 1. The number of amides is 2. The van der Waals surface area contributed by atoms with Gasteiger partial charge >= 0.3 is 12.2 Å². The molecule has 0 radical (unpaired) electrons. The Hall–Kier alpha value is -4.42. The van der Waals surface area contributed by atoms with Gasteiger partial charge in [0, 0.05) is 23.6 Å². The number of hydrogen-bond donors (Lipinski definition) is 1. The van der Waals surface area contributed by atoms with Crippen LogP contribution in [0.3, 0.4) is 0 Å². The molecular formula is C26H21F3N6O4. The lowest BCUT2D eigenvalue weighted by Gasteiger charge is -2.15. The van der Waals surface area contributed by atoms with E-state index in [1.165, 1.54) is 17.1 Å². The minimum absolute atomic E-state index is 0.0691. The summed E-state index contributed by atoms with van der Waals surface area (Å²) in [6.45, 7) is 0.832. The molecule has 200 valence electrons. The number of ether oxygens (including phenoxy) is 1. The molecule has 0 unspecified atom stereocenters. The molecule has 3 aliphatic rings. The third kappa shape index (κ3) is 3.99. The Bertz CT molecular complexity index is 1640. The number of alkyl halides is 3. The van der Waals surface area contributed by atoms with Crippen molar-refractivity contribution in [3.63, 3.8) is 0 Å². The molecule has 7 rings (SSSR count). The molecule has 13 heteroatoms. The first-order valence-corrected chi connectivity index (χ1v) is 12.5. The van der Waals surface area contributed by atoms with E-state index in [1.54, 1.807) is 29.2 Å². The van der Waals surface area contributed by atoms with Crippen LogP contribution in [0.15, 0.2) is 47.4 Å². The lowest BCUT2D eigenvalue weighted by atomic mass is 10.0. The van der Waals surface area contributed by atoms with Crippen molar-refractivity contribution in [2.45, 2.75) is 50.4 Å². The topological polar surface area (TPSA) is 115 Å². The van der Waals surface area contributed by atoms with E-state index in [9.17, 15) is 22.8 Å². The summed E-state index contributed by atoms with van der Waals surface area (Å²) in [5.41, 5.74) is 0.0615. The molecule has 1 N–H and O–H groups in total. The van der Waals surface area contributed by atoms with Gasteiger partial charge in [-0.25, -0.2) is 14.8 Å². The summed E-state index contributed by atoms with van der Waals surface area (Å²) >= 11 is 0. The molecule has 3 aromatic heterocycles. The van der Waals surface area contributed by atoms with Crippen LogP contribution in [0.1, 0.15) is 42.7 Å². The normalized spacial score (nSPS) is 17.8. The van der Waals surface area contributed by atoms with Crippen molar-refractivity contribution in [2.75, 3.05) is 5.32 Å². The van der Waals surface area contributed by atoms with E-state index in [0.717, 1.165) is 30.2 Å². The highest BCUT2D eigenvalue weighted by Crippen LogP contribution is 2.59. The Morgan fingerprint density at radius 3 is 2.67 bits per heavy atom. The molecule has 2 saturated carbocycles. The number of aromatic nitrogens is 4. The highest BCUT2D eigenvalue weighted by atomic mass is 19.4. The average molecular weight is 538 g/mol. The second-order valence-electron chi connectivity index (χ2n) is 10.2. The Labute approximate surface area is 218 Å². The molecule has 39 heavy (non-hydrogen) atoms. The number of benzene rings is 1. The number of rotatable bonds is 5. The third-order valence-electron chi connectivity index (χ3n) is 7.53. The van der Waals surface area contributed by atoms with Gasteiger partial charge in [-0.1, -0.05) is 5.16 Å². The van der Waals surface area contributed by atoms with E-state index in [1.807, 2.05) is 0 Å². The Kier molecular flexibility index (Phi) is 5.03. The van der Waals surface area contributed by atoms with Gasteiger partial charge in [0.25, 0.3) is 0 Å². The second-order valence-corrected chi connectivity index (χ2v) is 10.2. The standard InChI is InChI=1S/C26H21F3N6O4/c27-26(28,29)25(6-7-25)20-10-21(33-39-20)32-24(37)35-8-5-15-9-16(3-4-19(15)35)38-22-17-11-34(23(36)14-1-2-14)12-18(17)30-13-31-22/h3-5,8-10,13-14H,1-2,6-7,11-12H2,(H,32,33,37). The maximum Gasteiger partial charge on any atom is 0.401 e. The summed E-state index contributed by atoms with van der Waals surface area (Å²) in [6.07, 6.45) is 0.220. The number of nitrogens with zero attached hydrogens (tertiary/aromatic N) is 5. The lowest BCUT2D eigenvalue weighted by molar-refractivity contribution is -0.165. The van der Waals surface area contributed by atoms with Gasteiger partial charge in [-0.3, -0.25) is 14.7 Å². The van der Waals surface area contributed by atoms with Gasteiger partial charge in [-0.2, -0.15) is 13.2 Å². The van der Waals surface area contributed by atoms with Gasteiger partial charge in [0.2, 0.25) is 11.8 Å². The van der Waals surface area contributed by atoms with Crippen LogP contribution in [0.2, 0.25) is 0 Å². The number of hydrogen-bond acceptors (Lipinski definition) is 7. The molecule has 10 nitrogen and oxygen atoms in total. The number of anilines is 1. The van der Waals surface area contributed by atoms with E-state index in [0.29, 0.717) is 35.6 Å². The first kappa shape index (κ1) is 23.7. The number of carbonyl (C=O) groups is 2. The largest absolute Gasteiger partial charge is 0.439 e. The van der Waals surface area contributed by atoms with Crippen LogP contribution < -0.4 is 10.1 Å². The van der Waals surface area contributed by atoms with E-state index < -0.39 is 17.6 Å². The fourth-order valence-electron chi connectivity index (χ4n) is 4.98. The molecule has 2 amide bonds. The fourth-order valence-corrected chi connectivity index (χ4v) is 4.98. The van der Waals surface area contributed by atoms with E-state index >= 15 is 0 Å². The van der Waals surface area contributed by atoms with Crippen LogP contribution in [0.5, 0.6) is 11.6 Å². The summed E-state index contributed by atoms with van der Waals surface area (Å²) in [7, 11) is 0. The predicted octanol–water partition coefficient (Wildman–Crippen LogP) is 5.14. The highest BCUT2D eigenvalue weighted by Gasteiger charge is 2.67. The van der Waals surface area contributed by atoms with E-state index in [2.05, 4.69) is 20.4 Å². The summed E-state index contributed by atoms with van der Waals surface area (Å²) in [6, 6.07) is 7.33. The zero-order chi connectivity index (χ0) is 26.9. The van der Waals surface area contributed by atoms with Crippen LogP contribution >= 0.6 is 0 Å². The van der Waals surface area contributed by atoms with Gasteiger partial charge in [0.05, 0.1) is 29.9 Å². The zero-order valence-electron chi connectivity index (χ0n) is 20.4. The maximum atomic E-state index is 13.4. The quantitative estimate of drug-likeness (QED) is 0.374. The summed E-state index contributed by atoms with van der Waals surface area (Å²) in [4.78, 5) is 35.7. The molecule has 1 aromatic carbocycles. The average Bonchev–Trinajstić information content (AvgIpc) is 3.78. The smallest absolute Gasteiger partial charge is 0.401 e. The Morgan fingerprint density at radius 1 is 1.10 bits per heavy atom. The van der Waals surface area contributed by atoms with Crippen LogP contribution in [0, 0.1) is 5.92 Å². The van der Waals surface area contributed by atoms with Gasteiger partial charge in [0.15, 0.2) is 11.6 Å².